The molecule has 0 spiro atoms. The molecule has 3 unspecified atom stereocenters. The summed E-state index contributed by atoms with van der Waals surface area (Å²) in [5, 5.41) is 9.65. The van der Waals surface area contributed by atoms with Crippen LogP contribution < -0.4 is 4.74 Å². The van der Waals surface area contributed by atoms with Crippen molar-refractivity contribution in [3.63, 3.8) is 0 Å². The van der Waals surface area contributed by atoms with E-state index in [1.54, 1.807) is 13.4 Å². The second kappa shape index (κ2) is 5.29. The zero-order valence-corrected chi connectivity index (χ0v) is 11.4. The molecule has 2 aliphatic rings. The van der Waals surface area contributed by atoms with Crippen LogP contribution in [0, 0.1) is 5.92 Å². The smallest absolute Gasteiger partial charge is 0.173 e. The van der Waals surface area contributed by atoms with E-state index < -0.39 is 0 Å². The Morgan fingerprint density at radius 3 is 2.70 bits per heavy atom. The van der Waals surface area contributed by atoms with Crippen LogP contribution in [0.2, 0.25) is 0 Å². The fraction of sp³-hybridized carbons (Fsp3) is 0.438. The normalized spacial score (nSPS) is 29.2. The van der Waals surface area contributed by atoms with E-state index in [1.165, 1.54) is 0 Å². The summed E-state index contributed by atoms with van der Waals surface area (Å²) < 4.78 is 10.8. The molecule has 4 nitrogen and oxygen atoms in total. The predicted molar refractivity (Wildman–Crippen MR) is 74.2 cm³/mol. The lowest BCUT2D eigenvalue weighted by atomic mass is 9.78. The van der Waals surface area contributed by atoms with Gasteiger partial charge in [-0.25, -0.2) is 0 Å². The summed E-state index contributed by atoms with van der Waals surface area (Å²) >= 11 is 0. The molecule has 1 saturated carbocycles. The highest BCUT2D eigenvalue weighted by Crippen LogP contribution is 2.36. The van der Waals surface area contributed by atoms with Gasteiger partial charge in [0.25, 0.3) is 0 Å². The highest BCUT2D eigenvalue weighted by Gasteiger charge is 2.39. The Kier molecular flexibility index (Phi) is 3.49. The number of methoxy groups -OCH3 is 1. The van der Waals surface area contributed by atoms with Gasteiger partial charge >= 0.3 is 0 Å². The molecule has 3 rings (SSSR count). The van der Waals surface area contributed by atoms with E-state index in [4.69, 9.17) is 9.47 Å². The maximum absolute atomic E-state index is 12.6. The minimum Gasteiger partial charge on any atom is -0.497 e. The Morgan fingerprint density at radius 2 is 2.00 bits per heavy atom. The van der Waals surface area contributed by atoms with Crippen molar-refractivity contribution in [3.05, 3.63) is 36.1 Å². The summed E-state index contributed by atoms with van der Waals surface area (Å²) in [6.07, 6.45) is 2.93. The second-order valence-electron chi connectivity index (χ2n) is 5.37. The molecule has 0 radical (unpaired) electrons. The van der Waals surface area contributed by atoms with E-state index in [0.717, 1.165) is 11.3 Å². The molecule has 1 aromatic rings. The Labute approximate surface area is 118 Å². The van der Waals surface area contributed by atoms with Crippen LogP contribution in [0.5, 0.6) is 5.75 Å². The van der Waals surface area contributed by atoms with Gasteiger partial charge in [-0.05, 0) is 30.5 Å². The van der Waals surface area contributed by atoms with Crippen LogP contribution in [-0.4, -0.2) is 30.2 Å². The summed E-state index contributed by atoms with van der Waals surface area (Å²) in [4.78, 5) is 12.6. The van der Waals surface area contributed by atoms with E-state index in [1.807, 2.05) is 24.3 Å². The number of rotatable bonds is 2. The Balaban J connectivity index is 1.85. The molecule has 20 heavy (non-hydrogen) atoms. The number of allylic oxidation sites excluding steroid dienone is 1. The lowest BCUT2D eigenvalue weighted by Gasteiger charge is -2.36. The third kappa shape index (κ3) is 2.31. The topological polar surface area (TPSA) is 55.8 Å². The number of ketones is 1. The highest BCUT2D eigenvalue weighted by molar-refractivity contribution is 6.22. The van der Waals surface area contributed by atoms with Crippen molar-refractivity contribution in [1.29, 1.82) is 0 Å². The van der Waals surface area contributed by atoms with Gasteiger partial charge < -0.3 is 14.6 Å². The molecular formula is C16H18O4. The van der Waals surface area contributed by atoms with Crippen molar-refractivity contribution in [3.8, 4) is 5.75 Å². The SMILES string of the molecule is COc1ccc(C2=COC3CC(O)CCC3C2=O)cc1. The van der Waals surface area contributed by atoms with Gasteiger partial charge in [0.2, 0.25) is 0 Å². The average molecular weight is 274 g/mol. The minimum absolute atomic E-state index is 0.123. The van der Waals surface area contributed by atoms with E-state index in [9.17, 15) is 9.90 Å². The number of carbonyl (C=O) groups excluding carboxylic acids is 1. The maximum atomic E-state index is 12.6. The summed E-state index contributed by atoms with van der Waals surface area (Å²) in [5.41, 5.74) is 1.46. The number of benzene rings is 1. The first-order chi connectivity index (χ1) is 9.69. The van der Waals surface area contributed by atoms with Crippen LogP contribution in [0.1, 0.15) is 24.8 Å². The molecule has 1 aromatic carbocycles. The second-order valence-corrected chi connectivity index (χ2v) is 5.37. The van der Waals surface area contributed by atoms with Gasteiger partial charge in [0.1, 0.15) is 11.9 Å². The van der Waals surface area contributed by atoms with Gasteiger partial charge in [-0.15, -0.1) is 0 Å². The van der Waals surface area contributed by atoms with Crippen LogP contribution >= 0.6 is 0 Å². The molecule has 3 atom stereocenters. The van der Waals surface area contributed by atoms with Crippen molar-refractivity contribution in [1.82, 2.24) is 0 Å². The average Bonchev–Trinajstić information content (AvgIpc) is 2.48. The first kappa shape index (κ1) is 13.2. The van der Waals surface area contributed by atoms with E-state index in [-0.39, 0.29) is 23.9 Å². The Morgan fingerprint density at radius 1 is 1.25 bits per heavy atom. The number of hydrogen-bond donors (Lipinski definition) is 1. The lowest BCUT2D eigenvalue weighted by Crippen LogP contribution is -2.40. The van der Waals surface area contributed by atoms with Crippen molar-refractivity contribution < 1.29 is 19.4 Å². The van der Waals surface area contributed by atoms with Crippen molar-refractivity contribution in [2.75, 3.05) is 7.11 Å². The number of ether oxygens (including phenoxy) is 2. The zero-order valence-electron chi connectivity index (χ0n) is 11.4. The third-order valence-corrected chi connectivity index (χ3v) is 4.13. The number of carbonyl (C=O) groups is 1. The molecule has 4 heteroatoms. The van der Waals surface area contributed by atoms with E-state index in [0.29, 0.717) is 24.8 Å². The van der Waals surface area contributed by atoms with Crippen LogP contribution in [0.3, 0.4) is 0 Å². The summed E-state index contributed by atoms with van der Waals surface area (Å²) in [6, 6.07) is 7.40. The summed E-state index contributed by atoms with van der Waals surface area (Å²) in [6.45, 7) is 0. The number of Topliss-reactive ketones (excluding diaryl/α,β-unsaturated/α-hetero) is 1. The zero-order chi connectivity index (χ0) is 14.1. The van der Waals surface area contributed by atoms with Crippen LogP contribution in [0.4, 0.5) is 0 Å². The minimum atomic E-state index is -0.347. The summed E-state index contributed by atoms with van der Waals surface area (Å²) in [5.74, 6) is 0.760. The van der Waals surface area contributed by atoms with Crippen LogP contribution in [-0.2, 0) is 9.53 Å². The fourth-order valence-electron chi connectivity index (χ4n) is 2.95. The van der Waals surface area contributed by atoms with Crippen molar-refractivity contribution in [2.24, 2.45) is 5.92 Å². The first-order valence-corrected chi connectivity index (χ1v) is 6.91. The van der Waals surface area contributed by atoms with Crippen molar-refractivity contribution >= 4 is 11.4 Å². The summed E-state index contributed by atoms with van der Waals surface area (Å²) in [7, 11) is 1.61. The molecule has 0 aromatic heterocycles. The molecule has 1 heterocycles. The molecule has 1 aliphatic heterocycles. The van der Waals surface area contributed by atoms with Crippen LogP contribution in [0.15, 0.2) is 30.5 Å². The molecule has 0 saturated heterocycles. The van der Waals surface area contributed by atoms with Gasteiger partial charge in [0, 0.05) is 6.42 Å². The molecule has 1 aliphatic carbocycles. The van der Waals surface area contributed by atoms with Gasteiger partial charge in [-0.1, -0.05) is 12.1 Å². The molecular weight excluding hydrogens is 256 g/mol. The first-order valence-electron chi connectivity index (χ1n) is 6.91. The van der Waals surface area contributed by atoms with Crippen LogP contribution in [0.25, 0.3) is 5.57 Å². The number of fused-ring (bicyclic) bond motifs is 1. The molecule has 0 amide bonds. The molecule has 1 N–H and O–H groups in total. The third-order valence-electron chi connectivity index (χ3n) is 4.13. The standard InChI is InChI=1S/C16H18O4/c1-19-12-5-2-10(3-6-12)14-9-20-15-8-11(17)4-7-13(15)16(14)18/h2-3,5-6,9,11,13,15,17H,4,7-8H2,1H3. The van der Waals surface area contributed by atoms with E-state index in [2.05, 4.69) is 0 Å². The van der Waals surface area contributed by atoms with Gasteiger partial charge in [0.05, 0.1) is 31.0 Å². The quantitative estimate of drug-likeness (QED) is 0.898. The molecule has 0 bridgehead atoms. The molecule has 106 valence electrons. The maximum Gasteiger partial charge on any atom is 0.173 e. The Bertz CT molecular complexity index is 532. The number of hydrogen-bond acceptors (Lipinski definition) is 4. The number of aliphatic hydroxyl groups is 1. The largest absolute Gasteiger partial charge is 0.497 e. The lowest BCUT2D eigenvalue weighted by molar-refractivity contribution is -0.126. The van der Waals surface area contributed by atoms with Gasteiger partial charge in [-0.2, -0.15) is 0 Å². The number of aliphatic hydroxyl groups excluding tert-OH is 1. The predicted octanol–water partition coefficient (Wildman–Crippen LogP) is 2.17. The van der Waals surface area contributed by atoms with Crippen molar-refractivity contribution in [2.45, 2.75) is 31.5 Å². The Hall–Kier alpha value is -1.81. The van der Waals surface area contributed by atoms with E-state index >= 15 is 0 Å². The van der Waals surface area contributed by atoms with Gasteiger partial charge in [-0.3, -0.25) is 4.79 Å². The monoisotopic (exact) mass is 274 g/mol. The highest BCUT2D eigenvalue weighted by atomic mass is 16.5. The van der Waals surface area contributed by atoms with Gasteiger partial charge in [0.15, 0.2) is 5.78 Å². The molecule has 1 fully saturated rings. The fourth-order valence-corrected chi connectivity index (χ4v) is 2.95.